The number of amides is 2. The lowest BCUT2D eigenvalue weighted by Gasteiger charge is -2.30. The van der Waals surface area contributed by atoms with Crippen molar-refractivity contribution in [3.05, 3.63) is 64.0 Å². The summed E-state index contributed by atoms with van der Waals surface area (Å²) in [5, 5.41) is 21.7. The van der Waals surface area contributed by atoms with E-state index in [1.165, 1.54) is 32.7 Å². The van der Waals surface area contributed by atoms with Crippen molar-refractivity contribution in [3.63, 3.8) is 0 Å². The highest BCUT2D eigenvalue weighted by molar-refractivity contribution is 7.99. The van der Waals surface area contributed by atoms with E-state index in [2.05, 4.69) is 20.4 Å². The molecule has 6 rings (SSSR count). The topological polar surface area (TPSA) is 174 Å². The normalized spacial score (nSPS) is 26.3. The molecule has 0 aromatic carbocycles. The second-order valence-corrected chi connectivity index (χ2v) is 16.1. The molecule has 51 heavy (non-hydrogen) atoms. The van der Waals surface area contributed by atoms with E-state index in [0.717, 1.165) is 19.3 Å². The van der Waals surface area contributed by atoms with Crippen LogP contribution >= 0.6 is 23.1 Å². The number of hydrogen-bond donors (Lipinski definition) is 2. The van der Waals surface area contributed by atoms with Gasteiger partial charge in [0.15, 0.2) is 10.9 Å². The molecule has 2 aliphatic heterocycles. The monoisotopic (exact) mass is 734 g/mol. The molecule has 2 fully saturated rings. The zero-order valence-electron chi connectivity index (χ0n) is 28.8. The lowest BCUT2D eigenvalue weighted by atomic mass is 9.91. The van der Waals surface area contributed by atoms with Crippen molar-refractivity contribution in [2.24, 2.45) is 11.3 Å². The Bertz CT molecular complexity index is 1860. The minimum absolute atomic E-state index is 0.0323. The van der Waals surface area contributed by atoms with Crippen LogP contribution in [0.25, 0.3) is 11.1 Å². The molecule has 2 amide bonds. The average Bonchev–Trinajstić information content (AvgIpc) is 3.38. The molecule has 0 bridgehead atoms. The first-order valence-electron chi connectivity index (χ1n) is 17.2. The Morgan fingerprint density at radius 3 is 2.63 bits per heavy atom. The van der Waals surface area contributed by atoms with Crippen LogP contribution in [0.2, 0.25) is 0 Å². The molecule has 3 aliphatic rings. The quantitative estimate of drug-likeness (QED) is 0.241. The van der Waals surface area contributed by atoms with Crippen LogP contribution in [0.3, 0.4) is 0 Å². The second-order valence-electron chi connectivity index (χ2n) is 14.4. The number of allylic oxidation sites excluding steroid dienone is 2. The van der Waals surface area contributed by atoms with Crippen LogP contribution in [0.5, 0.6) is 0 Å². The van der Waals surface area contributed by atoms with E-state index in [1.807, 2.05) is 29.0 Å². The van der Waals surface area contributed by atoms with E-state index in [4.69, 9.17) is 4.74 Å². The van der Waals surface area contributed by atoms with Gasteiger partial charge in [0.1, 0.15) is 11.6 Å². The Hall–Kier alpha value is -4.37. The van der Waals surface area contributed by atoms with Gasteiger partial charge in [0.25, 0.3) is 5.56 Å². The number of thiophene rings is 1. The molecule has 15 heteroatoms. The SMILES string of the molecule is CC(C)(C)OC(=O)N[C@H]1CCCCC/C=C\[C@@H]2C[C@@]2(C(=O)O)CC(=O)[C@@H]2C[C@@H](n3ncc(Sc4ncccn4)c(-c4ccsc4)c3=O)CN2C1=O. The van der Waals surface area contributed by atoms with Crippen molar-refractivity contribution in [3.8, 4) is 11.1 Å². The lowest BCUT2D eigenvalue weighted by molar-refractivity contribution is -0.147. The number of carboxylic acid groups (broad SMARTS) is 1. The van der Waals surface area contributed by atoms with Crippen LogP contribution in [-0.4, -0.2) is 77.7 Å². The summed E-state index contributed by atoms with van der Waals surface area (Å²) in [7, 11) is 0. The standard InChI is InChI=1S/C36H42N6O7S2/c1-35(2,3)49-34(48)40-25-11-8-6-4-5-7-10-23-17-36(23,32(46)47)18-27(43)26-16-24(20-41(26)30(25)44)42-31(45)29(22-12-15-50-21-22)28(19-39-42)51-33-37-13-9-14-38-33/h7,9-10,12-15,19,21,23-26H,4-6,8,11,16-18,20H2,1-3H3,(H,40,48)(H,46,47)/b10-7-/t23-,24-,25+,26+,36-/m1/s1. The largest absolute Gasteiger partial charge is 0.481 e. The molecule has 5 heterocycles. The Morgan fingerprint density at radius 2 is 1.92 bits per heavy atom. The summed E-state index contributed by atoms with van der Waals surface area (Å²) in [6, 6.07) is 0.823. The van der Waals surface area contributed by atoms with Gasteiger partial charge >= 0.3 is 12.1 Å². The van der Waals surface area contributed by atoms with E-state index < -0.39 is 58.5 Å². The number of nitrogens with one attached hydrogen (secondary N) is 1. The number of rotatable bonds is 6. The maximum absolute atomic E-state index is 14.4. The Balaban J connectivity index is 1.36. The van der Waals surface area contributed by atoms with Gasteiger partial charge in [-0.05, 0) is 99.0 Å². The molecular formula is C36H42N6O7S2. The number of alkyl carbamates (subject to hydrolysis) is 1. The van der Waals surface area contributed by atoms with Crippen LogP contribution in [0.1, 0.15) is 78.2 Å². The Kier molecular flexibility index (Phi) is 10.8. The second kappa shape index (κ2) is 15.1. The van der Waals surface area contributed by atoms with Crippen molar-refractivity contribution in [2.45, 2.75) is 106 Å². The third-order valence-corrected chi connectivity index (χ3v) is 11.2. The highest BCUT2D eigenvalue weighted by atomic mass is 32.2. The number of aromatic nitrogens is 4. The number of nitrogens with zero attached hydrogens (tertiary/aromatic N) is 5. The molecule has 5 atom stereocenters. The van der Waals surface area contributed by atoms with E-state index in [-0.39, 0.29) is 25.3 Å². The van der Waals surface area contributed by atoms with Crippen LogP contribution < -0.4 is 10.9 Å². The first kappa shape index (κ1) is 36.4. The molecular weight excluding hydrogens is 693 g/mol. The highest BCUT2D eigenvalue weighted by Gasteiger charge is 2.61. The molecule has 3 aromatic heterocycles. The fraction of sp³-hybridized carbons (Fsp3) is 0.500. The van der Waals surface area contributed by atoms with Crippen LogP contribution in [0, 0.1) is 11.3 Å². The average molecular weight is 735 g/mol. The van der Waals surface area contributed by atoms with Gasteiger partial charge < -0.3 is 20.1 Å². The first-order valence-corrected chi connectivity index (χ1v) is 18.9. The minimum atomic E-state index is -1.24. The number of carbonyl (C=O) groups excluding carboxylic acids is 3. The highest BCUT2D eigenvalue weighted by Crippen LogP contribution is 2.57. The third kappa shape index (κ3) is 8.25. The number of carbonyl (C=O) groups is 4. The summed E-state index contributed by atoms with van der Waals surface area (Å²) in [5.74, 6) is -2.19. The van der Waals surface area contributed by atoms with E-state index >= 15 is 0 Å². The van der Waals surface area contributed by atoms with Crippen LogP contribution in [0.15, 0.2) is 68.5 Å². The summed E-state index contributed by atoms with van der Waals surface area (Å²) in [5.41, 5.74) is -1.36. The summed E-state index contributed by atoms with van der Waals surface area (Å²) >= 11 is 2.65. The number of Topliss-reactive ketones (excluding diaryl/α,β-unsaturated/α-hetero) is 1. The van der Waals surface area contributed by atoms with Crippen molar-refractivity contribution in [1.82, 2.24) is 30.0 Å². The molecule has 270 valence electrons. The van der Waals surface area contributed by atoms with Gasteiger partial charge in [-0.2, -0.15) is 16.4 Å². The van der Waals surface area contributed by atoms with Gasteiger partial charge in [-0.1, -0.05) is 25.0 Å². The van der Waals surface area contributed by atoms with E-state index in [1.54, 1.807) is 45.4 Å². The van der Waals surface area contributed by atoms with Gasteiger partial charge in [0.05, 0.1) is 29.3 Å². The molecule has 0 radical (unpaired) electrons. The van der Waals surface area contributed by atoms with Gasteiger partial charge in [-0.15, -0.1) is 0 Å². The first-order chi connectivity index (χ1) is 24.4. The lowest BCUT2D eigenvalue weighted by Crippen LogP contribution is -2.52. The predicted octanol–water partition coefficient (Wildman–Crippen LogP) is 5.52. The number of ether oxygens (including phenoxy) is 1. The third-order valence-electron chi connectivity index (χ3n) is 9.57. The van der Waals surface area contributed by atoms with Crippen molar-refractivity contribution < 1.29 is 29.0 Å². The Morgan fingerprint density at radius 1 is 1.14 bits per heavy atom. The maximum atomic E-state index is 14.4. The molecule has 1 saturated heterocycles. The zero-order chi connectivity index (χ0) is 36.3. The molecule has 1 saturated carbocycles. The number of hydrogen-bond acceptors (Lipinski definition) is 11. The van der Waals surface area contributed by atoms with Crippen LogP contribution in [-0.2, 0) is 19.1 Å². The summed E-state index contributed by atoms with van der Waals surface area (Å²) in [6.45, 7) is 5.16. The van der Waals surface area contributed by atoms with Crippen molar-refractivity contribution in [2.75, 3.05) is 6.54 Å². The maximum Gasteiger partial charge on any atom is 0.408 e. The number of fused-ring (bicyclic) bond motifs is 2. The van der Waals surface area contributed by atoms with E-state index in [0.29, 0.717) is 40.4 Å². The zero-order valence-corrected chi connectivity index (χ0v) is 30.5. The predicted molar refractivity (Wildman–Crippen MR) is 190 cm³/mol. The number of ketones is 1. The molecule has 0 spiro atoms. The minimum Gasteiger partial charge on any atom is -0.481 e. The Labute approximate surface area is 303 Å². The van der Waals surface area contributed by atoms with Gasteiger partial charge in [-0.25, -0.2) is 19.4 Å². The van der Waals surface area contributed by atoms with Crippen LogP contribution in [0.4, 0.5) is 4.79 Å². The number of carboxylic acids is 1. The molecule has 1 aliphatic carbocycles. The summed E-state index contributed by atoms with van der Waals surface area (Å²) < 4.78 is 6.81. The molecule has 2 N–H and O–H groups in total. The molecule has 13 nitrogen and oxygen atoms in total. The molecule has 0 unspecified atom stereocenters. The summed E-state index contributed by atoms with van der Waals surface area (Å²) in [4.78, 5) is 79.0. The van der Waals surface area contributed by atoms with E-state index in [9.17, 15) is 29.1 Å². The van der Waals surface area contributed by atoms with Crippen molar-refractivity contribution >= 4 is 46.9 Å². The fourth-order valence-electron chi connectivity index (χ4n) is 6.93. The van der Waals surface area contributed by atoms with Gasteiger partial charge in [0, 0.05) is 30.3 Å². The van der Waals surface area contributed by atoms with Crippen molar-refractivity contribution in [1.29, 1.82) is 0 Å². The molecule has 3 aromatic rings. The van der Waals surface area contributed by atoms with Gasteiger partial charge in [0.2, 0.25) is 5.91 Å². The van der Waals surface area contributed by atoms with Gasteiger partial charge in [-0.3, -0.25) is 19.2 Å². The number of aliphatic carboxylic acids is 1. The smallest absolute Gasteiger partial charge is 0.408 e. The fourth-order valence-corrected chi connectivity index (χ4v) is 8.41. The summed E-state index contributed by atoms with van der Waals surface area (Å²) in [6.07, 6.45) is 11.4.